The first kappa shape index (κ1) is 13.4. The summed E-state index contributed by atoms with van der Waals surface area (Å²) in [6.07, 6.45) is 1.16. The number of sulfonamides is 1. The Balaban J connectivity index is 2.22. The van der Waals surface area contributed by atoms with Crippen molar-refractivity contribution in [1.29, 1.82) is 0 Å². The maximum absolute atomic E-state index is 11.5. The zero-order chi connectivity index (χ0) is 12.3. The molecular formula is C9H19N3O3S. The Hall–Kier alpha value is -0.660. The van der Waals surface area contributed by atoms with Gasteiger partial charge in [-0.15, -0.1) is 0 Å². The van der Waals surface area contributed by atoms with Crippen LogP contribution in [0.2, 0.25) is 0 Å². The number of carbonyl (C=O) groups is 1. The van der Waals surface area contributed by atoms with Crippen LogP contribution in [0.1, 0.15) is 0 Å². The molecule has 1 saturated heterocycles. The predicted octanol–water partition coefficient (Wildman–Crippen LogP) is -1.44. The summed E-state index contributed by atoms with van der Waals surface area (Å²) in [6.45, 7) is 2.01. The van der Waals surface area contributed by atoms with Gasteiger partial charge >= 0.3 is 0 Å². The van der Waals surface area contributed by atoms with Crippen molar-refractivity contribution in [2.24, 2.45) is 5.92 Å². The van der Waals surface area contributed by atoms with E-state index in [1.165, 1.54) is 4.31 Å². The van der Waals surface area contributed by atoms with E-state index in [9.17, 15) is 13.2 Å². The first-order valence-electron chi connectivity index (χ1n) is 5.18. The minimum atomic E-state index is -3.12. The molecule has 1 amide bonds. The molecule has 7 heteroatoms. The van der Waals surface area contributed by atoms with Gasteiger partial charge in [-0.3, -0.25) is 4.79 Å². The van der Waals surface area contributed by atoms with Gasteiger partial charge in [0.05, 0.1) is 12.2 Å². The highest BCUT2D eigenvalue weighted by molar-refractivity contribution is 7.88. The van der Waals surface area contributed by atoms with Crippen LogP contribution in [0.5, 0.6) is 0 Å². The van der Waals surface area contributed by atoms with Crippen molar-refractivity contribution in [1.82, 2.24) is 14.5 Å². The topological polar surface area (TPSA) is 69.7 Å². The van der Waals surface area contributed by atoms with Crippen molar-refractivity contribution >= 4 is 15.9 Å². The lowest BCUT2D eigenvalue weighted by Crippen LogP contribution is -2.55. The van der Waals surface area contributed by atoms with Crippen molar-refractivity contribution < 1.29 is 13.2 Å². The largest absolute Gasteiger partial charge is 0.354 e. The Morgan fingerprint density at radius 2 is 2.00 bits per heavy atom. The SMILES string of the molecule is CN(C)CCNC(=O)C1CN(S(C)(=O)=O)C1. The molecule has 1 aliphatic heterocycles. The number of nitrogens with zero attached hydrogens (tertiary/aromatic N) is 2. The second kappa shape index (κ2) is 5.11. The number of amides is 1. The summed E-state index contributed by atoms with van der Waals surface area (Å²) in [4.78, 5) is 13.5. The Morgan fingerprint density at radius 1 is 1.44 bits per heavy atom. The van der Waals surface area contributed by atoms with Crippen LogP contribution < -0.4 is 5.32 Å². The van der Waals surface area contributed by atoms with Gasteiger partial charge in [0.25, 0.3) is 0 Å². The molecule has 94 valence electrons. The standard InChI is InChI=1S/C9H19N3O3S/c1-11(2)5-4-10-9(13)8-6-12(7-8)16(3,14)15/h8H,4-7H2,1-3H3,(H,10,13). The van der Waals surface area contributed by atoms with Crippen molar-refractivity contribution in [2.45, 2.75) is 0 Å². The third-order valence-electron chi connectivity index (χ3n) is 2.55. The fourth-order valence-electron chi connectivity index (χ4n) is 1.42. The number of carbonyl (C=O) groups excluding carboxylic acids is 1. The lowest BCUT2D eigenvalue weighted by molar-refractivity contribution is -0.128. The minimum absolute atomic E-state index is 0.0539. The second-order valence-corrected chi connectivity index (χ2v) is 6.35. The summed E-state index contributed by atoms with van der Waals surface area (Å²) in [6, 6.07) is 0. The molecule has 1 fully saturated rings. The molecular weight excluding hydrogens is 230 g/mol. The minimum Gasteiger partial charge on any atom is -0.354 e. The van der Waals surface area contributed by atoms with Gasteiger partial charge in [0.15, 0.2) is 0 Å². The normalized spacial score (nSPS) is 18.5. The van der Waals surface area contributed by atoms with E-state index in [0.717, 1.165) is 12.8 Å². The highest BCUT2D eigenvalue weighted by Gasteiger charge is 2.37. The molecule has 6 nitrogen and oxygen atoms in total. The fraction of sp³-hybridized carbons (Fsp3) is 0.889. The van der Waals surface area contributed by atoms with E-state index in [1.54, 1.807) is 0 Å². The third kappa shape index (κ3) is 3.73. The number of hydrogen-bond acceptors (Lipinski definition) is 4. The molecule has 0 aromatic heterocycles. The van der Waals surface area contributed by atoms with Crippen LogP contribution in [0, 0.1) is 5.92 Å². The van der Waals surface area contributed by atoms with Gasteiger partial charge in [-0.25, -0.2) is 12.7 Å². The molecule has 0 aliphatic carbocycles. The van der Waals surface area contributed by atoms with Crippen LogP contribution >= 0.6 is 0 Å². The Morgan fingerprint density at radius 3 is 2.44 bits per heavy atom. The van der Waals surface area contributed by atoms with E-state index in [0.29, 0.717) is 19.6 Å². The van der Waals surface area contributed by atoms with Gasteiger partial charge in [-0.1, -0.05) is 0 Å². The van der Waals surface area contributed by atoms with Gasteiger partial charge in [0.2, 0.25) is 15.9 Å². The summed E-state index contributed by atoms with van der Waals surface area (Å²) in [5, 5.41) is 2.79. The maximum Gasteiger partial charge on any atom is 0.225 e. The van der Waals surface area contributed by atoms with E-state index in [-0.39, 0.29) is 11.8 Å². The van der Waals surface area contributed by atoms with Gasteiger partial charge in [-0.2, -0.15) is 0 Å². The summed E-state index contributed by atoms with van der Waals surface area (Å²) >= 11 is 0. The molecule has 0 unspecified atom stereocenters. The smallest absolute Gasteiger partial charge is 0.225 e. The number of hydrogen-bond donors (Lipinski definition) is 1. The van der Waals surface area contributed by atoms with Gasteiger partial charge in [0.1, 0.15) is 0 Å². The number of rotatable bonds is 5. The van der Waals surface area contributed by atoms with E-state index >= 15 is 0 Å². The predicted molar refractivity (Wildman–Crippen MR) is 61.5 cm³/mol. The van der Waals surface area contributed by atoms with Crippen molar-refractivity contribution in [2.75, 3.05) is 46.5 Å². The molecule has 0 aromatic carbocycles. The average molecular weight is 249 g/mol. The van der Waals surface area contributed by atoms with E-state index in [1.807, 2.05) is 19.0 Å². The lowest BCUT2D eigenvalue weighted by atomic mass is 10.0. The molecule has 16 heavy (non-hydrogen) atoms. The first-order valence-corrected chi connectivity index (χ1v) is 7.03. The highest BCUT2D eigenvalue weighted by Crippen LogP contribution is 2.18. The monoisotopic (exact) mass is 249 g/mol. The molecule has 0 atom stereocenters. The fourth-order valence-corrected chi connectivity index (χ4v) is 2.32. The maximum atomic E-state index is 11.5. The number of likely N-dealkylation sites (N-methyl/N-ethyl adjacent to an activating group) is 1. The van der Waals surface area contributed by atoms with E-state index < -0.39 is 10.0 Å². The lowest BCUT2D eigenvalue weighted by Gasteiger charge is -2.36. The Labute approximate surface area is 96.6 Å². The zero-order valence-electron chi connectivity index (χ0n) is 9.93. The molecule has 1 rings (SSSR count). The van der Waals surface area contributed by atoms with Crippen molar-refractivity contribution in [3.05, 3.63) is 0 Å². The molecule has 0 bridgehead atoms. The summed E-state index contributed by atoms with van der Waals surface area (Å²) in [5.41, 5.74) is 0. The van der Waals surface area contributed by atoms with Crippen LogP contribution in [0.25, 0.3) is 0 Å². The Bertz CT molecular complexity index is 347. The Kier molecular flexibility index (Phi) is 4.28. The molecule has 1 heterocycles. The molecule has 1 N–H and O–H groups in total. The summed E-state index contributed by atoms with van der Waals surface area (Å²) < 4.78 is 23.5. The van der Waals surface area contributed by atoms with Crippen LogP contribution in [0.3, 0.4) is 0 Å². The molecule has 0 spiro atoms. The van der Waals surface area contributed by atoms with Gasteiger partial charge in [-0.05, 0) is 14.1 Å². The average Bonchev–Trinajstić information content (AvgIpc) is 1.96. The van der Waals surface area contributed by atoms with Crippen molar-refractivity contribution in [3.8, 4) is 0 Å². The van der Waals surface area contributed by atoms with Crippen LogP contribution in [-0.4, -0.2) is 70.1 Å². The van der Waals surface area contributed by atoms with Gasteiger partial charge < -0.3 is 10.2 Å². The molecule has 0 aromatic rings. The second-order valence-electron chi connectivity index (χ2n) is 4.37. The quantitative estimate of drug-likeness (QED) is 0.647. The molecule has 0 saturated carbocycles. The van der Waals surface area contributed by atoms with Crippen LogP contribution in [-0.2, 0) is 14.8 Å². The van der Waals surface area contributed by atoms with E-state index in [4.69, 9.17) is 0 Å². The zero-order valence-corrected chi connectivity index (χ0v) is 10.7. The molecule has 0 radical (unpaired) electrons. The number of nitrogens with one attached hydrogen (secondary N) is 1. The van der Waals surface area contributed by atoms with Crippen LogP contribution in [0.4, 0.5) is 0 Å². The summed E-state index contributed by atoms with van der Waals surface area (Å²) in [7, 11) is 0.742. The van der Waals surface area contributed by atoms with Crippen molar-refractivity contribution in [3.63, 3.8) is 0 Å². The van der Waals surface area contributed by atoms with E-state index in [2.05, 4.69) is 5.32 Å². The first-order chi connectivity index (χ1) is 7.30. The van der Waals surface area contributed by atoms with Gasteiger partial charge in [0, 0.05) is 26.2 Å². The summed E-state index contributed by atoms with van der Waals surface area (Å²) in [5.74, 6) is -0.237. The third-order valence-corrected chi connectivity index (χ3v) is 3.78. The molecule has 1 aliphatic rings. The highest BCUT2D eigenvalue weighted by atomic mass is 32.2. The van der Waals surface area contributed by atoms with Crippen LogP contribution in [0.15, 0.2) is 0 Å².